The average Bonchev–Trinajstić information content (AvgIpc) is 2.66. The van der Waals surface area contributed by atoms with Crippen molar-refractivity contribution in [2.24, 2.45) is 0 Å². The van der Waals surface area contributed by atoms with E-state index in [2.05, 4.69) is 10.0 Å². The molecule has 150 valence electrons. The van der Waals surface area contributed by atoms with Crippen LogP contribution in [-0.2, 0) is 16.6 Å². The van der Waals surface area contributed by atoms with Gasteiger partial charge in [-0.2, -0.15) is 0 Å². The third-order valence-electron chi connectivity index (χ3n) is 3.92. The van der Waals surface area contributed by atoms with Gasteiger partial charge in [-0.1, -0.05) is 53.5 Å². The molecule has 0 radical (unpaired) electrons. The maximum atomic E-state index is 14.2. The van der Waals surface area contributed by atoms with E-state index in [0.29, 0.717) is 0 Å². The van der Waals surface area contributed by atoms with Crippen molar-refractivity contribution in [2.45, 2.75) is 11.4 Å². The lowest BCUT2D eigenvalue weighted by Crippen LogP contribution is -2.24. The molecule has 0 aliphatic rings. The molecule has 3 rings (SSSR count). The van der Waals surface area contributed by atoms with E-state index < -0.39 is 27.3 Å². The van der Waals surface area contributed by atoms with Crippen LogP contribution in [0, 0.1) is 5.82 Å². The van der Waals surface area contributed by atoms with Crippen molar-refractivity contribution in [3.63, 3.8) is 0 Å². The molecule has 2 N–H and O–H groups in total. The number of nitrogens with one attached hydrogen (secondary N) is 2. The Balaban J connectivity index is 1.82. The number of hydrogen-bond donors (Lipinski definition) is 2. The van der Waals surface area contributed by atoms with Crippen molar-refractivity contribution < 1.29 is 17.6 Å². The highest BCUT2D eigenvalue weighted by molar-refractivity contribution is 7.89. The standard InChI is InChI=1S/C20H15Cl2FN2O3S/c21-14-8-15(22)10-16(9-14)25-20(26)18-11-17(6-7-19(18)23)29(27,28)24-12-13-4-2-1-3-5-13/h1-11,24H,12H2,(H,25,26). The molecule has 0 bridgehead atoms. The summed E-state index contributed by atoms with van der Waals surface area (Å²) in [6.07, 6.45) is 0. The minimum atomic E-state index is -3.96. The van der Waals surface area contributed by atoms with Crippen LogP contribution in [0.15, 0.2) is 71.6 Å². The number of halogens is 3. The second-order valence-electron chi connectivity index (χ2n) is 6.06. The first kappa shape index (κ1) is 21.3. The van der Waals surface area contributed by atoms with Crippen molar-refractivity contribution in [2.75, 3.05) is 5.32 Å². The maximum absolute atomic E-state index is 14.2. The molecule has 0 heterocycles. The summed E-state index contributed by atoms with van der Waals surface area (Å²) >= 11 is 11.8. The quantitative estimate of drug-likeness (QED) is 0.560. The van der Waals surface area contributed by atoms with E-state index in [1.807, 2.05) is 6.07 Å². The fraction of sp³-hybridized carbons (Fsp3) is 0.0500. The van der Waals surface area contributed by atoms with E-state index in [-0.39, 0.29) is 27.2 Å². The molecule has 9 heteroatoms. The van der Waals surface area contributed by atoms with Gasteiger partial charge in [0, 0.05) is 22.3 Å². The predicted octanol–water partition coefficient (Wildman–Crippen LogP) is 4.86. The van der Waals surface area contributed by atoms with Crippen LogP contribution in [0.4, 0.5) is 10.1 Å². The van der Waals surface area contributed by atoms with Gasteiger partial charge in [0.05, 0.1) is 10.5 Å². The molecule has 0 fully saturated rings. The summed E-state index contributed by atoms with van der Waals surface area (Å²) in [6.45, 7) is 0.0586. The lowest BCUT2D eigenvalue weighted by Gasteiger charge is -2.10. The van der Waals surface area contributed by atoms with E-state index in [1.165, 1.54) is 18.2 Å². The third kappa shape index (κ3) is 5.55. The van der Waals surface area contributed by atoms with Gasteiger partial charge in [0.25, 0.3) is 5.91 Å². The highest BCUT2D eigenvalue weighted by Gasteiger charge is 2.20. The zero-order chi connectivity index (χ0) is 21.0. The Bertz CT molecular complexity index is 1140. The minimum Gasteiger partial charge on any atom is -0.322 e. The summed E-state index contributed by atoms with van der Waals surface area (Å²) in [5.74, 6) is -1.70. The zero-order valence-corrected chi connectivity index (χ0v) is 17.2. The maximum Gasteiger partial charge on any atom is 0.258 e. The first-order valence-corrected chi connectivity index (χ1v) is 10.6. The van der Waals surface area contributed by atoms with Crippen LogP contribution in [0.2, 0.25) is 10.0 Å². The number of hydrogen-bond acceptors (Lipinski definition) is 3. The van der Waals surface area contributed by atoms with Gasteiger partial charge in [0.1, 0.15) is 5.82 Å². The van der Waals surface area contributed by atoms with Crippen LogP contribution in [0.25, 0.3) is 0 Å². The van der Waals surface area contributed by atoms with Gasteiger partial charge in [0.15, 0.2) is 0 Å². The summed E-state index contributed by atoms with van der Waals surface area (Å²) in [7, 11) is -3.96. The Kier molecular flexibility index (Phi) is 6.54. The number of carbonyl (C=O) groups is 1. The monoisotopic (exact) mass is 452 g/mol. The molecule has 0 atom stereocenters. The molecular weight excluding hydrogens is 438 g/mol. The molecule has 0 spiro atoms. The summed E-state index contributed by atoms with van der Waals surface area (Å²) in [4.78, 5) is 12.2. The molecule has 0 aliphatic heterocycles. The Hall–Kier alpha value is -2.45. The second kappa shape index (κ2) is 8.92. The average molecular weight is 453 g/mol. The first-order chi connectivity index (χ1) is 13.7. The fourth-order valence-electron chi connectivity index (χ4n) is 2.53. The number of sulfonamides is 1. The van der Waals surface area contributed by atoms with E-state index in [4.69, 9.17) is 23.2 Å². The van der Waals surface area contributed by atoms with Crippen molar-refractivity contribution in [3.05, 3.63) is 93.7 Å². The van der Waals surface area contributed by atoms with Gasteiger partial charge in [-0.15, -0.1) is 0 Å². The molecule has 0 saturated heterocycles. The van der Waals surface area contributed by atoms with Crippen molar-refractivity contribution >= 4 is 44.8 Å². The zero-order valence-electron chi connectivity index (χ0n) is 14.8. The molecular formula is C20H15Cl2FN2O3S. The van der Waals surface area contributed by atoms with Gasteiger partial charge >= 0.3 is 0 Å². The van der Waals surface area contributed by atoms with E-state index in [9.17, 15) is 17.6 Å². The van der Waals surface area contributed by atoms with Gasteiger partial charge in [-0.3, -0.25) is 4.79 Å². The van der Waals surface area contributed by atoms with Gasteiger partial charge in [-0.05, 0) is 42.0 Å². The number of benzene rings is 3. The Morgan fingerprint density at radius 2 is 1.59 bits per heavy atom. The van der Waals surface area contributed by atoms with E-state index >= 15 is 0 Å². The summed E-state index contributed by atoms with van der Waals surface area (Å²) in [5.41, 5.74) is 0.583. The van der Waals surface area contributed by atoms with Crippen LogP contribution in [0.3, 0.4) is 0 Å². The van der Waals surface area contributed by atoms with Gasteiger partial charge in [-0.25, -0.2) is 17.5 Å². The largest absolute Gasteiger partial charge is 0.322 e. The molecule has 3 aromatic rings. The number of anilines is 1. The van der Waals surface area contributed by atoms with Crippen LogP contribution < -0.4 is 10.0 Å². The van der Waals surface area contributed by atoms with Crippen LogP contribution in [-0.4, -0.2) is 14.3 Å². The lowest BCUT2D eigenvalue weighted by molar-refractivity contribution is 0.102. The number of carbonyl (C=O) groups excluding carboxylic acids is 1. The summed E-state index contributed by atoms with van der Waals surface area (Å²) in [5, 5.41) is 3.03. The highest BCUT2D eigenvalue weighted by atomic mass is 35.5. The molecule has 0 unspecified atom stereocenters. The first-order valence-electron chi connectivity index (χ1n) is 8.35. The Labute approximate surface area is 177 Å². The van der Waals surface area contributed by atoms with Gasteiger partial charge < -0.3 is 5.32 Å². The normalized spacial score (nSPS) is 11.3. The smallest absolute Gasteiger partial charge is 0.258 e. The highest BCUT2D eigenvalue weighted by Crippen LogP contribution is 2.24. The minimum absolute atomic E-state index is 0.0586. The third-order valence-corrected chi connectivity index (χ3v) is 5.76. The van der Waals surface area contributed by atoms with Crippen LogP contribution >= 0.6 is 23.2 Å². The molecule has 5 nitrogen and oxygen atoms in total. The Morgan fingerprint density at radius 3 is 2.24 bits per heavy atom. The van der Waals surface area contributed by atoms with Crippen molar-refractivity contribution in [1.82, 2.24) is 4.72 Å². The molecule has 0 aliphatic carbocycles. The van der Waals surface area contributed by atoms with E-state index in [1.54, 1.807) is 24.3 Å². The summed E-state index contributed by atoms with van der Waals surface area (Å²) < 4.78 is 41.7. The van der Waals surface area contributed by atoms with Crippen LogP contribution in [0.5, 0.6) is 0 Å². The SMILES string of the molecule is O=C(Nc1cc(Cl)cc(Cl)c1)c1cc(S(=O)(=O)NCc2ccccc2)ccc1F. The second-order valence-corrected chi connectivity index (χ2v) is 8.70. The molecule has 0 aromatic heterocycles. The van der Waals surface area contributed by atoms with Crippen molar-refractivity contribution in [3.8, 4) is 0 Å². The molecule has 0 saturated carbocycles. The molecule has 3 aromatic carbocycles. The molecule has 29 heavy (non-hydrogen) atoms. The number of rotatable bonds is 6. The lowest BCUT2D eigenvalue weighted by atomic mass is 10.2. The molecule has 1 amide bonds. The topological polar surface area (TPSA) is 75.3 Å². The number of amides is 1. The van der Waals surface area contributed by atoms with E-state index in [0.717, 1.165) is 23.8 Å². The Morgan fingerprint density at radius 1 is 0.931 bits per heavy atom. The van der Waals surface area contributed by atoms with Crippen LogP contribution in [0.1, 0.15) is 15.9 Å². The predicted molar refractivity (Wildman–Crippen MR) is 111 cm³/mol. The summed E-state index contributed by atoms with van der Waals surface area (Å²) in [6, 6.07) is 16.3. The fourth-order valence-corrected chi connectivity index (χ4v) is 4.10. The van der Waals surface area contributed by atoms with Gasteiger partial charge in [0.2, 0.25) is 10.0 Å². The van der Waals surface area contributed by atoms with Crippen molar-refractivity contribution in [1.29, 1.82) is 0 Å².